The molecule has 1 aromatic heterocycles. The third-order valence-corrected chi connectivity index (χ3v) is 0.517. The van der Waals surface area contributed by atoms with Crippen LogP contribution in [0.1, 0.15) is 6.92 Å². The van der Waals surface area contributed by atoms with Gasteiger partial charge in [0.1, 0.15) is 0 Å². The van der Waals surface area contributed by atoms with Crippen LogP contribution in [0.5, 0.6) is 0 Å². The van der Waals surface area contributed by atoms with Crippen LogP contribution in [0.4, 0.5) is 0 Å². The molecule has 52 valence electrons. The quantitative estimate of drug-likeness (QED) is 0.471. The summed E-state index contributed by atoms with van der Waals surface area (Å²) in [5.41, 5.74) is 0. The van der Waals surface area contributed by atoms with Crippen molar-refractivity contribution >= 4 is 12.4 Å². The van der Waals surface area contributed by atoms with Crippen molar-refractivity contribution in [3.05, 3.63) is 37.5 Å². The molecule has 1 aromatic rings. The number of aromatic nitrogens is 1. The van der Waals surface area contributed by atoms with E-state index >= 15 is 0 Å². The van der Waals surface area contributed by atoms with Gasteiger partial charge in [-0.25, -0.2) is 0 Å². The van der Waals surface area contributed by atoms with E-state index in [1.807, 2.05) is 12.1 Å². The molecule has 0 N–H and O–H groups in total. The van der Waals surface area contributed by atoms with Crippen molar-refractivity contribution in [1.82, 2.24) is 4.98 Å². The Bertz CT molecular complexity index is 85.5. The topological polar surface area (TPSA) is 12.9 Å². The van der Waals surface area contributed by atoms with Crippen molar-refractivity contribution in [2.24, 2.45) is 0 Å². The molecule has 1 heterocycles. The van der Waals surface area contributed by atoms with E-state index in [2.05, 4.69) is 18.1 Å². The molecule has 1 rings (SSSR count). The van der Waals surface area contributed by atoms with E-state index in [0.29, 0.717) is 0 Å². The van der Waals surface area contributed by atoms with Crippen molar-refractivity contribution in [3.63, 3.8) is 0 Å². The molecule has 0 aromatic carbocycles. The average Bonchev–Trinajstić information content (AvgIpc) is 1.96. The van der Waals surface area contributed by atoms with Crippen molar-refractivity contribution in [2.45, 2.75) is 6.92 Å². The minimum Gasteiger partial charge on any atom is -0.394 e. The van der Waals surface area contributed by atoms with Gasteiger partial charge in [-0.3, -0.25) is 0 Å². The first-order chi connectivity index (χ1) is 4.00. The van der Waals surface area contributed by atoms with Crippen LogP contribution in [-0.2, 0) is 19.5 Å². The molecular formula is C7H10ClNZn. The summed E-state index contributed by atoms with van der Waals surface area (Å²) in [6.07, 6.45) is 4.34. The molecule has 1 nitrogen and oxygen atoms in total. The molecular weight excluding hydrogens is 199 g/mol. The Balaban J connectivity index is -0.000000114. The zero-order valence-electron chi connectivity index (χ0n) is 6.08. The summed E-state index contributed by atoms with van der Waals surface area (Å²) in [7, 11) is 0. The van der Waals surface area contributed by atoms with Gasteiger partial charge in [0.25, 0.3) is 0 Å². The molecule has 0 bridgehead atoms. The van der Waals surface area contributed by atoms with Gasteiger partial charge in [-0.15, -0.1) is 12.4 Å². The van der Waals surface area contributed by atoms with Crippen molar-refractivity contribution < 1.29 is 19.5 Å². The molecule has 0 amide bonds. The van der Waals surface area contributed by atoms with E-state index in [4.69, 9.17) is 0 Å². The number of hydrogen-bond acceptors (Lipinski definition) is 1. The zero-order chi connectivity index (χ0) is 6.24. The minimum atomic E-state index is 0. The first-order valence-corrected chi connectivity index (χ1v) is 2.48. The second-order valence-corrected chi connectivity index (χ2v) is 0.959. The van der Waals surface area contributed by atoms with E-state index in [9.17, 15) is 0 Å². The summed E-state index contributed by atoms with van der Waals surface area (Å²) in [4.78, 5) is 3.66. The van der Waals surface area contributed by atoms with Gasteiger partial charge in [0, 0.05) is 0 Å². The largest absolute Gasteiger partial charge is 2.00 e. The average molecular weight is 209 g/mol. The second kappa shape index (κ2) is 16.0. The molecule has 0 saturated heterocycles. The first kappa shape index (κ1) is 16.6. The van der Waals surface area contributed by atoms with Crippen LogP contribution in [0, 0.1) is 13.1 Å². The van der Waals surface area contributed by atoms with Gasteiger partial charge in [0.15, 0.2) is 0 Å². The Morgan fingerprint density at radius 2 is 1.90 bits per heavy atom. The molecule has 0 radical (unpaired) electrons. The summed E-state index contributed by atoms with van der Waals surface area (Å²) in [6, 6.07) is 5.50. The SMILES string of the molecule is Cl.[CH2-]C.[Zn+2].[c-]1ccccn1. The standard InChI is InChI=1S/C5H4N.C2H5.ClH.Zn/c1-2-4-6-5-3-1;1-2;;/h1-4H;1H2,2H3;1H;/q2*-1;;+2. The van der Waals surface area contributed by atoms with E-state index in [0.717, 1.165) is 0 Å². The number of halogens is 1. The van der Waals surface area contributed by atoms with Gasteiger partial charge in [-0.2, -0.15) is 25.1 Å². The van der Waals surface area contributed by atoms with E-state index in [1.165, 1.54) is 0 Å². The number of nitrogens with zero attached hydrogens (tertiary/aromatic N) is 1. The molecule has 0 saturated carbocycles. The van der Waals surface area contributed by atoms with Crippen molar-refractivity contribution in [3.8, 4) is 0 Å². The predicted molar refractivity (Wildman–Crippen MR) is 41.4 cm³/mol. The Hall–Kier alpha value is 0.0634. The van der Waals surface area contributed by atoms with Crippen LogP contribution in [-0.4, -0.2) is 4.98 Å². The fraction of sp³-hybridized carbons (Fsp3) is 0.143. The summed E-state index contributed by atoms with van der Waals surface area (Å²) >= 11 is 0. The molecule has 0 unspecified atom stereocenters. The van der Waals surface area contributed by atoms with Crippen LogP contribution >= 0.6 is 12.4 Å². The molecule has 0 aliphatic heterocycles. The predicted octanol–water partition coefficient (Wildman–Crippen LogP) is 2.14. The summed E-state index contributed by atoms with van der Waals surface area (Å²) in [5.74, 6) is 0. The molecule has 0 aliphatic carbocycles. The molecule has 0 fully saturated rings. The van der Waals surface area contributed by atoms with Crippen LogP contribution < -0.4 is 0 Å². The van der Waals surface area contributed by atoms with Crippen molar-refractivity contribution in [1.29, 1.82) is 0 Å². The van der Waals surface area contributed by atoms with Gasteiger partial charge < -0.3 is 11.9 Å². The van der Waals surface area contributed by atoms with Gasteiger partial charge in [-0.1, -0.05) is 12.4 Å². The number of hydrogen-bond donors (Lipinski definition) is 0. The Morgan fingerprint density at radius 1 is 1.30 bits per heavy atom. The maximum atomic E-state index is 3.66. The van der Waals surface area contributed by atoms with E-state index in [-0.39, 0.29) is 31.9 Å². The van der Waals surface area contributed by atoms with E-state index in [1.54, 1.807) is 19.2 Å². The summed E-state index contributed by atoms with van der Waals surface area (Å²) in [5, 5.41) is 0. The van der Waals surface area contributed by atoms with E-state index < -0.39 is 0 Å². The Labute approximate surface area is 81.4 Å². The van der Waals surface area contributed by atoms with Crippen LogP contribution in [0.15, 0.2) is 24.4 Å². The van der Waals surface area contributed by atoms with Gasteiger partial charge in [0.05, 0.1) is 0 Å². The monoisotopic (exact) mass is 207 g/mol. The van der Waals surface area contributed by atoms with Gasteiger partial charge >= 0.3 is 19.5 Å². The molecule has 3 heteroatoms. The maximum absolute atomic E-state index is 3.66. The normalized spacial score (nSPS) is 5.40. The van der Waals surface area contributed by atoms with Crippen LogP contribution in [0.25, 0.3) is 0 Å². The van der Waals surface area contributed by atoms with Crippen molar-refractivity contribution in [2.75, 3.05) is 0 Å². The summed E-state index contributed by atoms with van der Waals surface area (Å²) in [6.45, 7) is 5.00. The van der Waals surface area contributed by atoms with Gasteiger partial charge in [0.2, 0.25) is 0 Å². The van der Waals surface area contributed by atoms with Gasteiger partial charge in [-0.05, 0) is 0 Å². The second-order valence-electron chi connectivity index (χ2n) is 0.959. The first-order valence-electron chi connectivity index (χ1n) is 2.48. The van der Waals surface area contributed by atoms with Crippen LogP contribution in [0.3, 0.4) is 0 Å². The molecule has 0 atom stereocenters. The fourth-order valence-electron chi connectivity index (χ4n) is 0.277. The zero-order valence-corrected chi connectivity index (χ0v) is 9.86. The third kappa shape index (κ3) is 10.9. The fourth-order valence-corrected chi connectivity index (χ4v) is 0.277. The molecule has 0 aliphatic rings. The molecule has 10 heavy (non-hydrogen) atoms. The third-order valence-electron chi connectivity index (χ3n) is 0.517. The van der Waals surface area contributed by atoms with Crippen LogP contribution in [0.2, 0.25) is 0 Å². The minimum absolute atomic E-state index is 0. The maximum Gasteiger partial charge on any atom is 2.00 e. The smallest absolute Gasteiger partial charge is 0.394 e. The number of pyridine rings is 1. The molecule has 0 spiro atoms. The summed E-state index contributed by atoms with van der Waals surface area (Å²) < 4.78 is 0. The Kier molecular flexibility index (Phi) is 26.6. The number of rotatable bonds is 0. The Morgan fingerprint density at radius 3 is 2.00 bits per heavy atom.